The van der Waals surface area contributed by atoms with Gasteiger partial charge in [0.15, 0.2) is 0 Å². The van der Waals surface area contributed by atoms with Crippen molar-refractivity contribution in [2.24, 2.45) is 0 Å². The lowest BCUT2D eigenvalue weighted by molar-refractivity contribution is -0.132. The van der Waals surface area contributed by atoms with Crippen molar-refractivity contribution in [3.05, 3.63) is 102 Å². The Morgan fingerprint density at radius 3 is 2.60 bits per heavy atom. The van der Waals surface area contributed by atoms with Gasteiger partial charge < -0.3 is 24.8 Å². The average molecular weight is 542 g/mol. The summed E-state index contributed by atoms with van der Waals surface area (Å²) in [5.74, 6) is -0.579. The van der Waals surface area contributed by atoms with E-state index in [-0.39, 0.29) is 24.8 Å². The summed E-state index contributed by atoms with van der Waals surface area (Å²) in [7, 11) is 1.58. The van der Waals surface area contributed by atoms with E-state index in [1.54, 1.807) is 48.4 Å². The molecular formula is C31H32FN5O3. The molecule has 0 aliphatic carbocycles. The summed E-state index contributed by atoms with van der Waals surface area (Å²) < 4.78 is 18.7. The molecule has 0 radical (unpaired) electrons. The van der Waals surface area contributed by atoms with Crippen LogP contribution in [0.1, 0.15) is 23.1 Å². The normalized spacial score (nSPS) is 10.7. The summed E-state index contributed by atoms with van der Waals surface area (Å²) in [5, 5.41) is 13.1. The van der Waals surface area contributed by atoms with Crippen LogP contribution in [0.2, 0.25) is 0 Å². The molecule has 0 spiro atoms. The van der Waals surface area contributed by atoms with Gasteiger partial charge in [-0.2, -0.15) is 5.26 Å². The number of hydrogen-bond donors (Lipinski definition) is 2. The quantitative estimate of drug-likeness (QED) is 0.237. The second-order valence-corrected chi connectivity index (χ2v) is 9.44. The standard InChI is InChI=1S/C31H32FN5O3/c1-40-17-5-15-37(31(39)35-27-7-4-6-24(18-27)19-33)22-30(38)36(21-23-10-12-26(32)13-11-23)16-14-25-20-34-29-9-3-2-8-28(25)29/h2-4,6-13,18,20,34H,5,14-17,21-22H2,1H3,(H,35,39). The average Bonchev–Trinajstić information content (AvgIpc) is 3.39. The molecule has 0 aliphatic rings. The minimum absolute atomic E-state index is 0.150. The van der Waals surface area contributed by atoms with Crippen LogP contribution in [0.25, 0.3) is 10.9 Å². The molecule has 0 unspecified atom stereocenters. The molecule has 1 heterocycles. The Balaban J connectivity index is 1.51. The summed E-state index contributed by atoms with van der Waals surface area (Å²) in [6.07, 6.45) is 3.10. The van der Waals surface area contributed by atoms with E-state index in [0.717, 1.165) is 22.0 Å². The number of para-hydroxylation sites is 1. The van der Waals surface area contributed by atoms with E-state index in [0.29, 0.717) is 43.8 Å². The van der Waals surface area contributed by atoms with Crippen LogP contribution in [0.15, 0.2) is 79.0 Å². The van der Waals surface area contributed by atoms with Crippen LogP contribution in [-0.2, 0) is 22.5 Å². The first-order chi connectivity index (χ1) is 19.5. The van der Waals surface area contributed by atoms with Crippen LogP contribution in [0.3, 0.4) is 0 Å². The number of carbonyl (C=O) groups is 2. The summed E-state index contributed by atoms with van der Waals surface area (Å²) in [6, 6.07) is 22.3. The minimum atomic E-state index is -0.446. The number of nitriles is 1. The Hall–Kier alpha value is -4.68. The van der Waals surface area contributed by atoms with Crippen molar-refractivity contribution in [1.82, 2.24) is 14.8 Å². The fourth-order valence-electron chi connectivity index (χ4n) is 4.48. The zero-order valence-electron chi connectivity index (χ0n) is 22.4. The third-order valence-corrected chi connectivity index (χ3v) is 6.60. The van der Waals surface area contributed by atoms with E-state index in [4.69, 9.17) is 4.74 Å². The van der Waals surface area contributed by atoms with Crippen molar-refractivity contribution in [3.8, 4) is 6.07 Å². The number of nitrogens with zero attached hydrogens (tertiary/aromatic N) is 3. The first kappa shape index (κ1) is 28.3. The number of nitrogens with one attached hydrogen (secondary N) is 2. The van der Waals surface area contributed by atoms with Crippen LogP contribution in [0, 0.1) is 17.1 Å². The smallest absolute Gasteiger partial charge is 0.322 e. The molecule has 3 aromatic carbocycles. The predicted molar refractivity (Wildman–Crippen MR) is 152 cm³/mol. The molecule has 4 aromatic rings. The number of urea groups is 1. The van der Waals surface area contributed by atoms with Crippen molar-refractivity contribution in [1.29, 1.82) is 5.26 Å². The van der Waals surface area contributed by atoms with Gasteiger partial charge in [0.05, 0.1) is 11.6 Å². The fraction of sp³-hybridized carbons (Fsp3) is 0.258. The molecule has 2 N–H and O–H groups in total. The molecule has 0 bridgehead atoms. The highest BCUT2D eigenvalue weighted by Gasteiger charge is 2.22. The van der Waals surface area contributed by atoms with E-state index in [1.165, 1.54) is 17.0 Å². The molecule has 1 aromatic heterocycles. The maximum absolute atomic E-state index is 13.7. The highest BCUT2D eigenvalue weighted by molar-refractivity contribution is 5.92. The fourth-order valence-corrected chi connectivity index (χ4v) is 4.48. The number of fused-ring (bicyclic) bond motifs is 1. The van der Waals surface area contributed by atoms with E-state index >= 15 is 0 Å². The number of hydrogen-bond acceptors (Lipinski definition) is 4. The Bertz CT molecular complexity index is 1480. The Labute approximate surface area is 233 Å². The molecule has 0 aliphatic heterocycles. The van der Waals surface area contributed by atoms with Crippen molar-refractivity contribution < 1.29 is 18.7 Å². The number of H-pyrrole nitrogens is 1. The third-order valence-electron chi connectivity index (χ3n) is 6.60. The molecular weight excluding hydrogens is 509 g/mol. The summed E-state index contributed by atoms with van der Waals surface area (Å²) >= 11 is 0. The van der Waals surface area contributed by atoms with Crippen LogP contribution in [0.5, 0.6) is 0 Å². The maximum atomic E-state index is 13.7. The first-order valence-electron chi connectivity index (χ1n) is 13.1. The SMILES string of the molecule is COCCCN(CC(=O)N(CCc1c[nH]c2ccccc12)Cc1ccc(F)cc1)C(=O)Nc1cccc(C#N)c1. The van der Waals surface area contributed by atoms with Crippen LogP contribution in [0.4, 0.5) is 14.9 Å². The number of halogens is 1. The van der Waals surface area contributed by atoms with Gasteiger partial charge in [-0.25, -0.2) is 9.18 Å². The number of benzene rings is 3. The van der Waals surface area contributed by atoms with Gasteiger partial charge in [-0.15, -0.1) is 0 Å². The van der Waals surface area contributed by atoms with Gasteiger partial charge in [0.1, 0.15) is 12.4 Å². The molecule has 0 atom stereocenters. The third kappa shape index (κ3) is 7.68. The number of carbonyl (C=O) groups excluding carboxylic acids is 2. The van der Waals surface area contributed by atoms with E-state index in [2.05, 4.69) is 16.4 Å². The highest BCUT2D eigenvalue weighted by atomic mass is 19.1. The summed E-state index contributed by atoms with van der Waals surface area (Å²) in [4.78, 5) is 33.3. The highest BCUT2D eigenvalue weighted by Crippen LogP contribution is 2.19. The van der Waals surface area contributed by atoms with Gasteiger partial charge in [0.25, 0.3) is 0 Å². The Kier molecular flexibility index (Phi) is 9.86. The zero-order valence-corrected chi connectivity index (χ0v) is 22.4. The van der Waals surface area contributed by atoms with E-state index in [1.807, 2.05) is 30.5 Å². The second-order valence-electron chi connectivity index (χ2n) is 9.44. The van der Waals surface area contributed by atoms with Gasteiger partial charge in [0, 0.05) is 56.1 Å². The molecule has 40 heavy (non-hydrogen) atoms. The molecule has 0 saturated carbocycles. The van der Waals surface area contributed by atoms with Crippen molar-refractivity contribution in [2.45, 2.75) is 19.4 Å². The zero-order chi connectivity index (χ0) is 28.3. The van der Waals surface area contributed by atoms with Crippen molar-refractivity contribution in [2.75, 3.05) is 38.7 Å². The Morgan fingerprint density at radius 1 is 1.02 bits per heavy atom. The van der Waals surface area contributed by atoms with Gasteiger partial charge >= 0.3 is 6.03 Å². The summed E-state index contributed by atoms with van der Waals surface area (Å²) in [5.41, 5.74) is 3.78. The number of rotatable bonds is 12. The monoisotopic (exact) mass is 541 g/mol. The topological polar surface area (TPSA) is 101 Å². The van der Waals surface area contributed by atoms with Crippen LogP contribution >= 0.6 is 0 Å². The second kappa shape index (κ2) is 13.9. The number of anilines is 1. The van der Waals surface area contributed by atoms with Gasteiger partial charge in [0.2, 0.25) is 5.91 Å². The molecule has 0 fully saturated rings. The van der Waals surface area contributed by atoms with Crippen molar-refractivity contribution >= 4 is 28.5 Å². The van der Waals surface area contributed by atoms with Crippen LogP contribution in [-0.4, -0.2) is 60.1 Å². The van der Waals surface area contributed by atoms with E-state index in [9.17, 15) is 19.2 Å². The summed E-state index contributed by atoms with van der Waals surface area (Å²) in [6.45, 7) is 1.27. The molecule has 9 heteroatoms. The molecule has 3 amide bonds. The number of amides is 3. The lowest BCUT2D eigenvalue weighted by Crippen LogP contribution is -2.45. The maximum Gasteiger partial charge on any atom is 0.322 e. The molecule has 206 valence electrons. The van der Waals surface area contributed by atoms with Gasteiger partial charge in [-0.1, -0.05) is 36.4 Å². The molecule has 4 rings (SSSR count). The van der Waals surface area contributed by atoms with Crippen LogP contribution < -0.4 is 5.32 Å². The largest absolute Gasteiger partial charge is 0.385 e. The lowest BCUT2D eigenvalue weighted by atomic mass is 10.1. The van der Waals surface area contributed by atoms with Gasteiger partial charge in [-0.3, -0.25) is 4.79 Å². The van der Waals surface area contributed by atoms with Gasteiger partial charge in [-0.05, 0) is 60.4 Å². The number of aromatic amines is 1. The lowest BCUT2D eigenvalue weighted by Gasteiger charge is -2.28. The first-order valence-corrected chi connectivity index (χ1v) is 13.1. The molecule has 0 saturated heterocycles. The molecule has 8 nitrogen and oxygen atoms in total. The minimum Gasteiger partial charge on any atom is -0.385 e. The Morgan fingerprint density at radius 2 is 1.82 bits per heavy atom. The predicted octanol–water partition coefficient (Wildman–Crippen LogP) is 5.32. The number of methoxy groups -OCH3 is 1. The van der Waals surface area contributed by atoms with E-state index < -0.39 is 6.03 Å². The van der Waals surface area contributed by atoms with Crippen molar-refractivity contribution in [3.63, 3.8) is 0 Å². The number of ether oxygens (including phenoxy) is 1. The number of aromatic nitrogens is 1.